The van der Waals surface area contributed by atoms with E-state index in [1.165, 1.54) is 11.3 Å². The van der Waals surface area contributed by atoms with Gasteiger partial charge in [-0.05, 0) is 31.5 Å². The van der Waals surface area contributed by atoms with E-state index in [0.717, 1.165) is 37.6 Å². The molecule has 27 heavy (non-hydrogen) atoms. The second-order valence-corrected chi connectivity index (χ2v) is 7.12. The average Bonchev–Trinajstić information content (AvgIpc) is 3.06. The maximum Gasteiger partial charge on any atom is 0.237 e. The van der Waals surface area contributed by atoms with Crippen molar-refractivity contribution in [2.24, 2.45) is 0 Å². The van der Waals surface area contributed by atoms with E-state index < -0.39 is 0 Å². The lowest BCUT2D eigenvalue weighted by molar-refractivity contribution is -0.133. The lowest BCUT2D eigenvalue weighted by Crippen LogP contribution is -2.50. The number of piperazine rings is 1. The van der Waals surface area contributed by atoms with Crippen LogP contribution in [0.2, 0.25) is 0 Å². The summed E-state index contributed by atoms with van der Waals surface area (Å²) in [7, 11) is 0. The molecule has 0 unspecified atom stereocenters. The normalized spacial score (nSPS) is 15.1. The number of aliphatic hydroxyl groups is 1. The molecule has 7 heteroatoms. The van der Waals surface area contributed by atoms with Gasteiger partial charge in [0.25, 0.3) is 0 Å². The minimum absolute atomic E-state index is 0.0375. The molecule has 1 fully saturated rings. The Labute approximate surface area is 160 Å². The molecule has 146 valence electrons. The van der Waals surface area contributed by atoms with Crippen molar-refractivity contribution in [3.63, 3.8) is 0 Å². The molecule has 7 nitrogen and oxygen atoms in total. The molecule has 2 aromatic rings. The Bertz CT molecular complexity index is 752. The zero-order chi connectivity index (χ0) is 19.2. The molecule has 1 aromatic carbocycles. The monoisotopic (exact) mass is 371 g/mol. The molecule has 0 atom stereocenters. The zero-order valence-electron chi connectivity index (χ0n) is 16.2. The summed E-state index contributed by atoms with van der Waals surface area (Å²) in [6.07, 6.45) is 1.64. The third kappa shape index (κ3) is 5.08. The van der Waals surface area contributed by atoms with Gasteiger partial charge in [0.15, 0.2) is 0 Å². The van der Waals surface area contributed by atoms with Gasteiger partial charge < -0.3 is 19.9 Å². The highest BCUT2D eigenvalue weighted by Gasteiger charge is 2.22. The van der Waals surface area contributed by atoms with Crippen LogP contribution < -0.4 is 4.90 Å². The molecule has 1 amide bonds. The largest absolute Gasteiger partial charge is 0.395 e. The van der Waals surface area contributed by atoms with Crippen LogP contribution in [-0.2, 0) is 11.3 Å². The molecule has 1 aromatic heterocycles. The Morgan fingerprint density at radius 3 is 2.67 bits per heavy atom. The molecule has 2 N–H and O–H groups in total. The number of anilines is 1. The van der Waals surface area contributed by atoms with E-state index in [4.69, 9.17) is 0 Å². The van der Waals surface area contributed by atoms with Crippen LogP contribution in [0.5, 0.6) is 0 Å². The van der Waals surface area contributed by atoms with E-state index in [9.17, 15) is 9.90 Å². The van der Waals surface area contributed by atoms with Gasteiger partial charge in [-0.25, -0.2) is 4.98 Å². The molecule has 3 rings (SSSR count). The van der Waals surface area contributed by atoms with Gasteiger partial charge in [-0.2, -0.15) is 0 Å². The summed E-state index contributed by atoms with van der Waals surface area (Å²) in [6, 6.07) is 8.54. The van der Waals surface area contributed by atoms with Gasteiger partial charge in [0.2, 0.25) is 5.91 Å². The summed E-state index contributed by atoms with van der Waals surface area (Å²) < 4.78 is 0. The first kappa shape index (κ1) is 19.4. The van der Waals surface area contributed by atoms with E-state index in [1.807, 2.05) is 6.92 Å². The molecule has 1 saturated heterocycles. The van der Waals surface area contributed by atoms with Crippen LogP contribution in [0.4, 0.5) is 5.69 Å². The van der Waals surface area contributed by atoms with Crippen LogP contribution in [0.1, 0.15) is 17.0 Å². The van der Waals surface area contributed by atoms with Crippen LogP contribution in [0, 0.1) is 13.8 Å². The van der Waals surface area contributed by atoms with E-state index in [-0.39, 0.29) is 12.5 Å². The molecule has 0 saturated carbocycles. The number of aryl methyl sites for hydroxylation is 2. The summed E-state index contributed by atoms with van der Waals surface area (Å²) in [4.78, 5) is 26.3. The Balaban J connectivity index is 1.53. The van der Waals surface area contributed by atoms with Gasteiger partial charge in [0, 0.05) is 44.1 Å². The van der Waals surface area contributed by atoms with Gasteiger partial charge in [0.05, 0.1) is 31.7 Å². The van der Waals surface area contributed by atoms with Gasteiger partial charge >= 0.3 is 0 Å². The number of amides is 1. The fourth-order valence-corrected chi connectivity index (χ4v) is 3.42. The van der Waals surface area contributed by atoms with Crippen LogP contribution >= 0.6 is 0 Å². The Kier molecular flexibility index (Phi) is 6.47. The van der Waals surface area contributed by atoms with Gasteiger partial charge in [-0.15, -0.1) is 0 Å². The maximum atomic E-state index is 12.8. The number of aromatic nitrogens is 2. The predicted molar refractivity (Wildman–Crippen MR) is 106 cm³/mol. The van der Waals surface area contributed by atoms with Gasteiger partial charge in [-0.1, -0.05) is 12.1 Å². The first-order valence-electron chi connectivity index (χ1n) is 9.48. The zero-order valence-corrected chi connectivity index (χ0v) is 16.2. The quantitative estimate of drug-likeness (QED) is 0.764. The molecule has 0 radical (unpaired) electrons. The summed E-state index contributed by atoms with van der Waals surface area (Å²) in [6.45, 7) is 8.67. The fourth-order valence-electron chi connectivity index (χ4n) is 3.42. The molecular weight excluding hydrogens is 342 g/mol. The molecule has 0 bridgehead atoms. The summed E-state index contributed by atoms with van der Waals surface area (Å²) in [5.41, 5.74) is 4.31. The Morgan fingerprint density at radius 1 is 1.26 bits per heavy atom. The number of hydrogen-bond donors (Lipinski definition) is 2. The van der Waals surface area contributed by atoms with E-state index in [2.05, 4.69) is 51.0 Å². The van der Waals surface area contributed by atoms with Crippen molar-refractivity contribution in [1.29, 1.82) is 0 Å². The minimum atomic E-state index is -0.0453. The molecule has 0 spiro atoms. The number of aromatic amines is 1. The third-order valence-corrected chi connectivity index (χ3v) is 5.10. The van der Waals surface area contributed by atoms with E-state index in [1.54, 1.807) is 11.2 Å². The lowest BCUT2D eigenvalue weighted by atomic mass is 10.2. The van der Waals surface area contributed by atoms with Gasteiger partial charge in [0.1, 0.15) is 0 Å². The van der Waals surface area contributed by atoms with E-state index >= 15 is 0 Å². The standard InChI is InChI=1S/C20H29N5O2/c1-16-4-3-5-18(12-16)24-8-6-23(7-9-24)14-20(27)25(10-11-26)13-19-17(2)21-15-22-19/h3-5,12,15,26H,6-11,13-14H2,1-2H3,(H,21,22). The van der Waals surface area contributed by atoms with Crippen LogP contribution in [0.3, 0.4) is 0 Å². The number of hydrogen-bond acceptors (Lipinski definition) is 5. The number of H-pyrrole nitrogens is 1. The van der Waals surface area contributed by atoms with Crippen LogP contribution in [0.15, 0.2) is 30.6 Å². The number of rotatable bonds is 7. The second kappa shape index (κ2) is 9.01. The molecule has 1 aliphatic heterocycles. The number of carbonyl (C=O) groups is 1. The predicted octanol–water partition coefficient (Wildman–Crippen LogP) is 1.17. The number of carbonyl (C=O) groups excluding carboxylic acids is 1. The Hall–Kier alpha value is -2.38. The second-order valence-electron chi connectivity index (χ2n) is 7.12. The van der Waals surface area contributed by atoms with Crippen molar-refractivity contribution in [2.45, 2.75) is 20.4 Å². The molecule has 2 heterocycles. The number of nitrogens with one attached hydrogen (secondary N) is 1. The van der Waals surface area contributed by atoms with Crippen molar-refractivity contribution in [1.82, 2.24) is 19.8 Å². The maximum absolute atomic E-state index is 12.8. The number of imidazole rings is 1. The fraction of sp³-hybridized carbons (Fsp3) is 0.500. The number of aliphatic hydroxyl groups excluding tert-OH is 1. The van der Waals surface area contributed by atoms with Crippen molar-refractivity contribution >= 4 is 11.6 Å². The summed E-state index contributed by atoms with van der Waals surface area (Å²) >= 11 is 0. The van der Waals surface area contributed by atoms with E-state index in [0.29, 0.717) is 19.6 Å². The third-order valence-electron chi connectivity index (χ3n) is 5.10. The van der Waals surface area contributed by atoms with Gasteiger partial charge in [-0.3, -0.25) is 9.69 Å². The highest BCUT2D eigenvalue weighted by molar-refractivity contribution is 5.78. The Morgan fingerprint density at radius 2 is 2.04 bits per heavy atom. The smallest absolute Gasteiger partial charge is 0.237 e. The van der Waals surface area contributed by atoms with Crippen molar-refractivity contribution in [3.8, 4) is 0 Å². The van der Waals surface area contributed by atoms with Crippen molar-refractivity contribution in [3.05, 3.63) is 47.5 Å². The lowest BCUT2D eigenvalue weighted by Gasteiger charge is -2.36. The van der Waals surface area contributed by atoms with Crippen molar-refractivity contribution in [2.75, 3.05) is 50.8 Å². The molecule has 1 aliphatic rings. The number of benzene rings is 1. The first-order chi connectivity index (χ1) is 13.1. The highest BCUT2D eigenvalue weighted by atomic mass is 16.3. The summed E-state index contributed by atoms with van der Waals surface area (Å²) in [5.74, 6) is 0.0375. The minimum Gasteiger partial charge on any atom is -0.395 e. The number of nitrogens with zero attached hydrogens (tertiary/aromatic N) is 4. The molecular formula is C20H29N5O2. The SMILES string of the molecule is Cc1cccc(N2CCN(CC(=O)N(CCO)Cc3nc[nH]c3C)CC2)c1. The van der Waals surface area contributed by atoms with Crippen molar-refractivity contribution < 1.29 is 9.90 Å². The molecule has 0 aliphatic carbocycles. The summed E-state index contributed by atoms with van der Waals surface area (Å²) in [5, 5.41) is 9.33. The first-order valence-corrected chi connectivity index (χ1v) is 9.48. The van der Waals surface area contributed by atoms with Crippen LogP contribution in [0.25, 0.3) is 0 Å². The highest BCUT2D eigenvalue weighted by Crippen LogP contribution is 2.18. The van der Waals surface area contributed by atoms with Crippen LogP contribution in [-0.4, -0.2) is 76.7 Å². The average molecular weight is 371 g/mol. The topological polar surface area (TPSA) is 75.7 Å².